The summed E-state index contributed by atoms with van der Waals surface area (Å²) in [4.78, 5) is 4.27. The molecule has 4 aromatic rings. The highest BCUT2D eigenvalue weighted by Gasteiger charge is 2.16. The number of tetrazole rings is 1. The lowest BCUT2D eigenvalue weighted by atomic mass is 10.2. The molecule has 0 atom stereocenters. The molecular weight excluding hydrogens is 392 g/mol. The summed E-state index contributed by atoms with van der Waals surface area (Å²) in [5.74, 6) is -1.92. The first-order valence-corrected chi connectivity index (χ1v) is 8.09. The van der Waals surface area contributed by atoms with Crippen LogP contribution in [0.5, 0.6) is 0 Å². The molecule has 11 heteroatoms. The van der Waals surface area contributed by atoms with Gasteiger partial charge in [0, 0.05) is 11.9 Å². The fourth-order valence-corrected chi connectivity index (χ4v) is 2.63. The Kier molecular flexibility index (Phi) is 4.42. The summed E-state index contributed by atoms with van der Waals surface area (Å²) in [5, 5.41) is 25.2. The molecule has 0 radical (unpaired) electrons. The number of halogens is 3. The topological polar surface area (TPSA) is 116 Å². The van der Waals surface area contributed by atoms with E-state index in [1.54, 1.807) is 18.2 Å². The molecule has 0 fully saturated rings. The van der Waals surface area contributed by atoms with Crippen LogP contribution < -0.4 is 5.32 Å². The van der Waals surface area contributed by atoms with Gasteiger partial charge in [-0.15, -0.1) is 10.2 Å². The number of nitriles is 1. The number of nitrogens with zero attached hydrogens (tertiary/aromatic N) is 5. The predicted molar refractivity (Wildman–Crippen MR) is 95.8 cm³/mol. The number of hydrogen-bond donors (Lipinski definition) is 2. The Balaban J connectivity index is 1.66. The van der Waals surface area contributed by atoms with E-state index in [4.69, 9.17) is 21.3 Å². The van der Waals surface area contributed by atoms with Gasteiger partial charge in [0.2, 0.25) is 11.7 Å². The van der Waals surface area contributed by atoms with E-state index in [0.29, 0.717) is 16.8 Å². The van der Waals surface area contributed by atoms with Crippen molar-refractivity contribution < 1.29 is 13.2 Å². The van der Waals surface area contributed by atoms with E-state index in [0.717, 1.165) is 12.1 Å². The number of H-pyrrole nitrogens is 1. The second kappa shape index (κ2) is 7.05. The molecule has 0 unspecified atom stereocenters. The minimum atomic E-state index is -1.06. The first kappa shape index (κ1) is 17.6. The van der Waals surface area contributed by atoms with Crippen molar-refractivity contribution in [3.05, 3.63) is 59.0 Å². The third-order valence-electron chi connectivity index (χ3n) is 3.72. The summed E-state index contributed by atoms with van der Waals surface area (Å²) in [6, 6.07) is 8.71. The number of aromatic amines is 1. The van der Waals surface area contributed by atoms with E-state index in [1.165, 1.54) is 6.20 Å². The highest BCUT2D eigenvalue weighted by Crippen LogP contribution is 2.32. The van der Waals surface area contributed by atoms with Gasteiger partial charge >= 0.3 is 0 Å². The average molecular weight is 400 g/mol. The first-order chi connectivity index (χ1) is 13.5. The Morgan fingerprint density at radius 2 is 2.07 bits per heavy atom. The minimum Gasteiger partial charge on any atom is -0.436 e. The van der Waals surface area contributed by atoms with E-state index in [1.807, 2.05) is 6.07 Å². The van der Waals surface area contributed by atoms with Gasteiger partial charge < -0.3 is 9.73 Å². The molecule has 0 aliphatic rings. The summed E-state index contributed by atoms with van der Waals surface area (Å²) in [7, 11) is 0. The number of benzene rings is 2. The van der Waals surface area contributed by atoms with Gasteiger partial charge in [-0.2, -0.15) is 10.5 Å². The molecule has 0 aliphatic heterocycles. The number of aromatic nitrogens is 5. The zero-order valence-corrected chi connectivity index (χ0v) is 14.5. The van der Waals surface area contributed by atoms with Crippen LogP contribution in [0.3, 0.4) is 0 Å². The quantitative estimate of drug-likeness (QED) is 0.394. The van der Waals surface area contributed by atoms with Gasteiger partial charge in [-0.3, -0.25) is 0 Å². The summed E-state index contributed by atoms with van der Waals surface area (Å²) >= 11 is 5.97. The Morgan fingerprint density at radius 3 is 2.82 bits per heavy atom. The van der Waals surface area contributed by atoms with Crippen LogP contribution >= 0.6 is 11.6 Å². The summed E-state index contributed by atoms with van der Waals surface area (Å²) in [5.41, 5.74) is 1.77. The Morgan fingerprint density at radius 1 is 1.25 bits per heavy atom. The third-order valence-corrected chi connectivity index (χ3v) is 4.03. The largest absolute Gasteiger partial charge is 0.436 e. The maximum absolute atomic E-state index is 13.5. The Labute approximate surface area is 160 Å². The van der Waals surface area contributed by atoms with Gasteiger partial charge in [0.15, 0.2) is 17.2 Å². The third kappa shape index (κ3) is 3.26. The number of rotatable bonds is 4. The molecule has 138 valence electrons. The zero-order valence-electron chi connectivity index (χ0n) is 13.7. The average Bonchev–Trinajstić information content (AvgIpc) is 3.34. The maximum atomic E-state index is 13.5. The molecule has 4 rings (SSSR count). The minimum absolute atomic E-state index is 0.0227. The Hall–Kier alpha value is -3.84. The molecule has 28 heavy (non-hydrogen) atoms. The lowest BCUT2D eigenvalue weighted by Crippen LogP contribution is -1.92. The molecule has 0 aliphatic carbocycles. The second-order valence-corrected chi connectivity index (χ2v) is 5.90. The zero-order chi connectivity index (χ0) is 19.7. The molecule has 0 spiro atoms. The number of fused-ring (bicyclic) bond motifs is 1. The SMILES string of the molecule is N#CC(=CNc1ccc2oc(-c3cc(F)c(F)cc3Cl)nc2c1)c1nn[nH]n1. The highest BCUT2D eigenvalue weighted by atomic mass is 35.5. The van der Waals surface area contributed by atoms with Crippen molar-refractivity contribution in [3.8, 4) is 17.5 Å². The molecule has 0 saturated carbocycles. The molecule has 2 aromatic carbocycles. The van der Waals surface area contributed by atoms with Crippen molar-refractivity contribution in [1.29, 1.82) is 5.26 Å². The molecule has 0 amide bonds. The smallest absolute Gasteiger partial charge is 0.228 e. The fourth-order valence-electron chi connectivity index (χ4n) is 2.40. The standard InChI is InChI=1S/C17H8ClF2N7O/c18-11-5-13(20)12(19)4-10(11)17-23-14-3-9(1-2-15(14)28-17)22-7-8(6-21)16-24-26-27-25-16/h1-5,7,22H,(H,24,25,26,27). The number of nitrogens with one attached hydrogen (secondary N) is 2. The second-order valence-electron chi connectivity index (χ2n) is 5.50. The van der Waals surface area contributed by atoms with E-state index >= 15 is 0 Å². The van der Waals surface area contributed by atoms with Crippen LogP contribution in [0.4, 0.5) is 14.5 Å². The van der Waals surface area contributed by atoms with E-state index in [9.17, 15) is 8.78 Å². The van der Waals surface area contributed by atoms with Crippen molar-refractivity contribution in [1.82, 2.24) is 25.6 Å². The Bertz CT molecular complexity index is 1240. The van der Waals surface area contributed by atoms with Gasteiger partial charge in [-0.25, -0.2) is 13.8 Å². The van der Waals surface area contributed by atoms with Gasteiger partial charge in [-0.1, -0.05) is 11.6 Å². The number of anilines is 1. The molecule has 0 bridgehead atoms. The van der Waals surface area contributed by atoms with Gasteiger partial charge in [0.25, 0.3) is 0 Å². The number of allylic oxidation sites excluding steroid dienone is 1. The van der Waals surface area contributed by atoms with Crippen molar-refractivity contribution in [2.24, 2.45) is 0 Å². The molecule has 0 saturated heterocycles. The van der Waals surface area contributed by atoms with Gasteiger partial charge in [0.05, 0.1) is 10.6 Å². The van der Waals surface area contributed by atoms with Crippen molar-refractivity contribution in [2.75, 3.05) is 5.32 Å². The van der Waals surface area contributed by atoms with Gasteiger partial charge in [-0.05, 0) is 35.5 Å². The summed E-state index contributed by atoms with van der Waals surface area (Å²) in [6.45, 7) is 0. The molecular formula is C17H8ClF2N7O. The van der Waals surface area contributed by atoms with Crippen LogP contribution in [-0.4, -0.2) is 25.6 Å². The van der Waals surface area contributed by atoms with E-state index < -0.39 is 11.6 Å². The van der Waals surface area contributed by atoms with Crippen LogP contribution in [0.1, 0.15) is 5.82 Å². The van der Waals surface area contributed by atoms with Crippen LogP contribution in [0, 0.1) is 23.0 Å². The lowest BCUT2D eigenvalue weighted by Gasteiger charge is -2.00. The number of hydrogen-bond acceptors (Lipinski definition) is 7. The van der Waals surface area contributed by atoms with Gasteiger partial charge in [0.1, 0.15) is 17.2 Å². The first-order valence-electron chi connectivity index (χ1n) is 7.71. The monoisotopic (exact) mass is 399 g/mol. The molecule has 2 aromatic heterocycles. The predicted octanol–water partition coefficient (Wildman–Crippen LogP) is 3.92. The molecule has 8 nitrogen and oxygen atoms in total. The van der Waals surface area contributed by atoms with Crippen LogP contribution in [0.2, 0.25) is 5.02 Å². The van der Waals surface area contributed by atoms with E-state index in [2.05, 4.69) is 30.9 Å². The lowest BCUT2D eigenvalue weighted by molar-refractivity contribution is 0.508. The summed E-state index contributed by atoms with van der Waals surface area (Å²) < 4.78 is 32.4. The molecule has 2 N–H and O–H groups in total. The fraction of sp³-hybridized carbons (Fsp3) is 0. The van der Waals surface area contributed by atoms with Crippen molar-refractivity contribution in [2.45, 2.75) is 0 Å². The molecule has 2 heterocycles. The normalized spacial score (nSPS) is 11.6. The van der Waals surface area contributed by atoms with Crippen LogP contribution in [-0.2, 0) is 0 Å². The van der Waals surface area contributed by atoms with Crippen molar-refractivity contribution >= 4 is 34.0 Å². The van der Waals surface area contributed by atoms with Crippen LogP contribution in [0.15, 0.2) is 40.9 Å². The summed E-state index contributed by atoms with van der Waals surface area (Å²) in [6.07, 6.45) is 1.42. The van der Waals surface area contributed by atoms with Crippen molar-refractivity contribution in [3.63, 3.8) is 0 Å². The van der Waals surface area contributed by atoms with E-state index in [-0.39, 0.29) is 27.9 Å². The number of oxazole rings is 1. The van der Waals surface area contributed by atoms with Crippen LogP contribution in [0.25, 0.3) is 28.1 Å². The highest BCUT2D eigenvalue weighted by molar-refractivity contribution is 6.33. The maximum Gasteiger partial charge on any atom is 0.228 e.